The molecule has 4 rings (SSSR count). The number of hydrogen-bond acceptors (Lipinski definition) is 5. The summed E-state index contributed by atoms with van der Waals surface area (Å²) in [5, 5.41) is 8.48. The summed E-state index contributed by atoms with van der Waals surface area (Å²) in [4.78, 5) is 40.0. The molecule has 4 aromatic carbocycles. The Morgan fingerprint density at radius 3 is 2.33 bits per heavy atom. The molecular weight excluding hydrogens is 570 g/mol. The summed E-state index contributed by atoms with van der Waals surface area (Å²) >= 11 is 7.41. The Kier molecular flexibility index (Phi) is 10.4. The van der Waals surface area contributed by atoms with Crippen molar-refractivity contribution in [2.45, 2.75) is 24.0 Å². The van der Waals surface area contributed by atoms with Crippen LogP contribution in [0.3, 0.4) is 0 Å². The Morgan fingerprint density at radius 2 is 1.62 bits per heavy atom. The number of rotatable bonds is 10. The Hall–Kier alpha value is -4.53. The number of hydrogen-bond donors (Lipinski definition) is 3. The Bertz CT molecular complexity index is 1610. The average molecular weight is 600 g/mol. The standard InChI is InChI=1S/C33H30ClN3O4S/c1-21-12-14-23(15-13-21)18-29(37-32(39)24-8-5-4-6-9-24)33(40)35-26-10-7-11-27(20-26)42-22(2)31(38)36-28-19-25(34)16-17-30(28)41-3/h4-20,22H,1-3H3,(H,35,40)(H,36,38)(H,37,39)/b29-18+. The van der Waals surface area contributed by atoms with Crippen LogP contribution in [-0.2, 0) is 9.59 Å². The highest BCUT2D eigenvalue weighted by molar-refractivity contribution is 8.00. The molecule has 0 spiro atoms. The van der Waals surface area contributed by atoms with Gasteiger partial charge in [0, 0.05) is 21.2 Å². The molecule has 0 aliphatic heterocycles. The largest absolute Gasteiger partial charge is 0.495 e. The minimum atomic E-state index is -0.485. The second kappa shape index (κ2) is 14.4. The van der Waals surface area contributed by atoms with E-state index in [-0.39, 0.29) is 11.6 Å². The first kappa shape index (κ1) is 30.4. The highest BCUT2D eigenvalue weighted by Gasteiger charge is 2.18. The van der Waals surface area contributed by atoms with Crippen LogP contribution in [0.2, 0.25) is 5.02 Å². The quantitative estimate of drug-likeness (QED) is 0.132. The lowest BCUT2D eigenvalue weighted by molar-refractivity contribution is -0.115. The average Bonchev–Trinajstić information content (AvgIpc) is 2.98. The van der Waals surface area contributed by atoms with E-state index < -0.39 is 17.1 Å². The van der Waals surface area contributed by atoms with Gasteiger partial charge in [0.05, 0.1) is 18.0 Å². The number of benzene rings is 4. The second-order valence-corrected chi connectivity index (χ2v) is 11.2. The van der Waals surface area contributed by atoms with E-state index in [2.05, 4.69) is 16.0 Å². The van der Waals surface area contributed by atoms with E-state index in [0.717, 1.165) is 16.0 Å². The van der Waals surface area contributed by atoms with E-state index in [0.29, 0.717) is 27.7 Å². The van der Waals surface area contributed by atoms with Crippen LogP contribution in [0.1, 0.15) is 28.4 Å². The molecule has 0 aromatic heterocycles. The van der Waals surface area contributed by atoms with E-state index in [4.69, 9.17) is 16.3 Å². The zero-order valence-electron chi connectivity index (χ0n) is 23.3. The highest BCUT2D eigenvalue weighted by Crippen LogP contribution is 2.30. The fraction of sp³-hybridized carbons (Fsp3) is 0.121. The van der Waals surface area contributed by atoms with Gasteiger partial charge in [-0.15, -0.1) is 11.8 Å². The van der Waals surface area contributed by atoms with Gasteiger partial charge in [-0.1, -0.05) is 65.7 Å². The molecule has 0 bridgehead atoms. The number of carbonyl (C=O) groups is 3. The number of carbonyl (C=O) groups excluding carboxylic acids is 3. The maximum atomic E-state index is 13.4. The molecule has 0 aliphatic carbocycles. The van der Waals surface area contributed by atoms with Gasteiger partial charge >= 0.3 is 0 Å². The molecule has 1 unspecified atom stereocenters. The fourth-order valence-electron chi connectivity index (χ4n) is 3.89. The van der Waals surface area contributed by atoms with Crippen molar-refractivity contribution >= 4 is 58.5 Å². The predicted octanol–water partition coefficient (Wildman–Crippen LogP) is 7.19. The summed E-state index contributed by atoms with van der Waals surface area (Å²) in [6.07, 6.45) is 1.63. The smallest absolute Gasteiger partial charge is 0.272 e. The SMILES string of the molecule is COc1ccc(Cl)cc1NC(=O)C(C)Sc1cccc(NC(=O)/C(=C\c2ccc(C)cc2)NC(=O)c2ccccc2)c1. The minimum absolute atomic E-state index is 0.0916. The maximum absolute atomic E-state index is 13.4. The molecule has 0 aliphatic rings. The number of halogens is 1. The van der Waals surface area contributed by atoms with Crippen molar-refractivity contribution in [1.29, 1.82) is 0 Å². The van der Waals surface area contributed by atoms with Gasteiger partial charge in [-0.2, -0.15) is 0 Å². The van der Waals surface area contributed by atoms with E-state index >= 15 is 0 Å². The summed E-state index contributed by atoms with van der Waals surface area (Å²) in [6, 6.07) is 28.5. The van der Waals surface area contributed by atoms with Crippen LogP contribution in [0, 0.1) is 6.92 Å². The molecule has 0 heterocycles. The summed E-state index contributed by atoms with van der Waals surface area (Å²) < 4.78 is 5.31. The van der Waals surface area contributed by atoms with Gasteiger partial charge in [-0.25, -0.2) is 0 Å². The Balaban J connectivity index is 1.48. The van der Waals surface area contributed by atoms with Crippen LogP contribution >= 0.6 is 23.4 Å². The molecular formula is C33H30ClN3O4S. The molecule has 3 amide bonds. The summed E-state index contributed by atoms with van der Waals surface area (Å²) in [7, 11) is 1.52. The molecule has 0 fully saturated rings. The number of anilines is 2. The Morgan fingerprint density at radius 1 is 0.881 bits per heavy atom. The first-order valence-corrected chi connectivity index (χ1v) is 14.3. The van der Waals surface area contributed by atoms with Crippen molar-refractivity contribution in [3.63, 3.8) is 0 Å². The third-order valence-electron chi connectivity index (χ3n) is 6.11. The first-order valence-electron chi connectivity index (χ1n) is 13.1. The molecule has 0 saturated carbocycles. The molecule has 0 radical (unpaired) electrons. The van der Waals surface area contributed by atoms with Crippen molar-refractivity contribution in [1.82, 2.24) is 5.32 Å². The topological polar surface area (TPSA) is 96.5 Å². The number of ether oxygens (including phenoxy) is 1. The number of nitrogens with one attached hydrogen (secondary N) is 3. The summed E-state index contributed by atoms with van der Waals surface area (Å²) in [6.45, 7) is 3.76. The van der Waals surface area contributed by atoms with Crippen LogP contribution < -0.4 is 20.7 Å². The second-order valence-electron chi connectivity index (χ2n) is 9.36. The third kappa shape index (κ3) is 8.49. The molecule has 9 heteroatoms. The van der Waals surface area contributed by atoms with Gasteiger partial charge in [0.2, 0.25) is 5.91 Å². The van der Waals surface area contributed by atoms with Crippen LogP contribution in [0.15, 0.2) is 108 Å². The number of thioether (sulfide) groups is 1. The molecule has 42 heavy (non-hydrogen) atoms. The number of methoxy groups -OCH3 is 1. The molecule has 1 atom stereocenters. The molecule has 0 saturated heterocycles. The maximum Gasteiger partial charge on any atom is 0.272 e. The van der Waals surface area contributed by atoms with Crippen molar-refractivity contribution in [2.75, 3.05) is 17.7 Å². The molecule has 214 valence electrons. The lowest BCUT2D eigenvalue weighted by Crippen LogP contribution is -2.30. The highest BCUT2D eigenvalue weighted by atomic mass is 35.5. The van der Waals surface area contributed by atoms with Crippen molar-refractivity contribution in [2.24, 2.45) is 0 Å². The van der Waals surface area contributed by atoms with E-state index in [1.54, 1.807) is 73.7 Å². The third-order valence-corrected chi connectivity index (χ3v) is 7.44. The Labute approximate surface area is 254 Å². The summed E-state index contributed by atoms with van der Waals surface area (Å²) in [5.74, 6) is -0.615. The van der Waals surface area contributed by atoms with Crippen molar-refractivity contribution < 1.29 is 19.1 Å². The van der Waals surface area contributed by atoms with Gasteiger partial charge < -0.3 is 20.7 Å². The van der Waals surface area contributed by atoms with Crippen LogP contribution in [0.4, 0.5) is 11.4 Å². The normalized spacial score (nSPS) is 11.8. The van der Waals surface area contributed by atoms with Gasteiger partial charge in [-0.3, -0.25) is 14.4 Å². The van der Waals surface area contributed by atoms with E-state index in [9.17, 15) is 14.4 Å². The van der Waals surface area contributed by atoms with Crippen molar-refractivity contribution in [3.8, 4) is 5.75 Å². The zero-order valence-corrected chi connectivity index (χ0v) is 24.9. The van der Waals surface area contributed by atoms with Gasteiger partial charge in [0.1, 0.15) is 11.4 Å². The van der Waals surface area contributed by atoms with Crippen LogP contribution in [-0.4, -0.2) is 30.1 Å². The zero-order chi connectivity index (χ0) is 30.1. The molecule has 7 nitrogen and oxygen atoms in total. The molecule has 3 N–H and O–H groups in total. The van der Waals surface area contributed by atoms with Crippen molar-refractivity contribution in [3.05, 3.63) is 124 Å². The van der Waals surface area contributed by atoms with Crippen LogP contribution in [0.25, 0.3) is 6.08 Å². The minimum Gasteiger partial charge on any atom is -0.495 e. The monoisotopic (exact) mass is 599 g/mol. The fourth-order valence-corrected chi connectivity index (χ4v) is 4.99. The van der Waals surface area contributed by atoms with Crippen LogP contribution in [0.5, 0.6) is 5.75 Å². The lowest BCUT2D eigenvalue weighted by atomic mass is 10.1. The number of amides is 3. The lowest BCUT2D eigenvalue weighted by Gasteiger charge is -2.15. The summed E-state index contributed by atoms with van der Waals surface area (Å²) in [5.41, 5.74) is 3.36. The predicted molar refractivity (Wildman–Crippen MR) is 170 cm³/mol. The van der Waals surface area contributed by atoms with Gasteiger partial charge in [0.15, 0.2) is 0 Å². The van der Waals surface area contributed by atoms with E-state index in [1.807, 2.05) is 43.3 Å². The number of aryl methyl sites for hydroxylation is 1. The first-order chi connectivity index (χ1) is 20.2. The van der Waals surface area contributed by atoms with Gasteiger partial charge in [-0.05, 0) is 74.0 Å². The van der Waals surface area contributed by atoms with Gasteiger partial charge in [0.25, 0.3) is 11.8 Å². The molecule has 4 aromatic rings. The van der Waals surface area contributed by atoms with E-state index in [1.165, 1.54) is 18.9 Å².